The van der Waals surface area contributed by atoms with Crippen LogP contribution in [0.3, 0.4) is 0 Å². The predicted molar refractivity (Wildman–Crippen MR) is 69.2 cm³/mol. The quantitative estimate of drug-likeness (QED) is 0.903. The fourth-order valence-corrected chi connectivity index (χ4v) is 2.25. The molecular weight excluding hydrogens is 271 g/mol. The van der Waals surface area contributed by atoms with Crippen molar-refractivity contribution in [2.45, 2.75) is 39.1 Å². The molecule has 0 fully saturated rings. The molecule has 112 valence electrons. The summed E-state index contributed by atoms with van der Waals surface area (Å²) in [5, 5.41) is 2.38. The van der Waals surface area contributed by atoms with Crippen LogP contribution in [0.1, 0.15) is 25.0 Å². The van der Waals surface area contributed by atoms with Crippen LogP contribution < -0.4 is 14.8 Å². The Hall–Kier alpha value is -1.43. The lowest BCUT2D eigenvalue weighted by molar-refractivity contribution is -0.125. The van der Waals surface area contributed by atoms with E-state index in [1.807, 2.05) is 19.9 Å². The maximum Gasteiger partial charge on any atom is 0.401 e. The maximum absolute atomic E-state index is 12.2. The van der Waals surface area contributed by atoms with Gasteiger partial charge in [0.15, 0.2) is 0 Å². The number of halogens is 3. The van der Waals surface area contributed by atoms with Gasteiger partial charge in [-0.1, -0.05) is 0 Å². The lowest BCUT2D eigenvalue weighted by Gasteiger charge is -2.14. The van der Waals surface area contributed by atoms with Crippen molar-refractivity contribution >= 4 is 0 Å². The highest BCUT2D eigenvalue weighted by atomic mass is 19.4. The third-order valence-electron chi connectivity index (χ3n) is 3.02. The molecule has 3 nitrogen and oxygen atoms in total. The number of hydrogen-bond donors (Lipinski definition) is 1. The lowest BCUT2D eigenvalue weighted by Crippen LogP contribution is -2.28. The molecule has 0 spiro atoms. The van der Waals surface area contributed by atoms with Crippen molar-refractivity contribution in [3.8, 4) is 11.5 Å². The van der Waals surface area contributed by atoms with Crippen molar-refractivity contribution in [1.82, 2.24) is 5.32 Å². The summed E-state index contributed by atoms with van der Waals surface area (Å²) < 4.78 is 47.6. The summed E-state index contributed by atoms with van der Waals surface area (Å²) in [7, 11) is 0. The molecule has 1 aromatic carbocycles. The molecule has 1 N–H and O–H groups in total. The minimum absolute atomic E-state index is 0.0952. The van der Waals surface area contributed by atoms with Crippen molar-refractivity contribution in [2.24, 2.45) is 0 Å². The van der Waals surface area contributed by atoms with Crippen molar-refractivity contribution in [2.75, 3.05) is 13.2 Å². The molecule has 1 atom stereocenters. The molecular formula is C14H18F3NO2. The molecule has 1 heterocycles. The van der Waals surface area contributed by atoms with Gasteiger partial charge in [0.1, 0.15) is 17.6 Å². The number of rotatable bonds is 5. The zero-order valence-corrected chi connectivity index (χ0v) is 11.5. The number of nitrogens with one attached hydrogen (secondary N) is 1. The SMILES string of the molecule is CCOc1cc2c(cc1CNCC(F)(F)F)OC(C)C2. The minimum atomic E-state index is -4.21. The van der Waals surface area contributed by atoms with E-state index in [1.165, 1.54) is 0 Å². The van der Waals surface area contributed by atoms with E-state index in [2.05, 4.69) is 5.32 Å². The Kier molecular flexibility index (Phi) is 4.42. The van der Waals surface area contributed by atoms with Gasteiger partial charge in [-0.25, -0.2) is 0 Å². The molecule has 1 aromatic rings. The Balaban J connectivity index is 2.12. The molecule has 1 unspecified atom stereocenters. The van der Waals surface area contributed by atoms with Gasteiger partial charge >= 0.3 is 6.18 Å². The fraction of sp³-hybridized carbons (Fsp3) is 0.571. The smallest absolute Gasteiger partial charge is 0.401 e. The van der Waals surface area contributed by atoms with E-state index in [1.54, 1.807) is 6.07 Å². The molecule has 1 aliphatic rings. The average Bonchev–Trinajstić information content (AvgIpc) is 2.67. The van der Waals surface area contributed by atoms with Gasteiger partial charge in [-0.3, -0.25) is 0 Å². The summed E-state index contributed by atoms with van der Waals surface area (Å²) in [5.74, 6) is 1.36. The molecule has 20 heavy (non-hydrogen) atoms. The predicted octanol–water partition coefficient (Wildman–Crippen LogP) is 3.06. The fourth-order valence-electron chi connectivity index (χ4n) is 2.25. The van der Waals surface area contributed by atoms with Crippen LogP contribution in [0, 0.1) is 0 Å². The molecule has 0 aliphatic carbocycles. The van der Waals surface area contributed by atoms with Gasteiger partial charge in [-0.2, -0.15) is 13.2 Å². The number of hydrogen-bond acceptors (Lipinski definition) is 3. The van der Waals surface area contributed by atoms with Gasteiger partial charge in [0.25, 0.3) is 0 Å². The van der Waals surface area contributed by atoms with Crippen LogP contribution in [-0.2, 0) is 13.0 Å². The van der Waals surface area contributed by atoms with E-state index in [9.17, 15) is 13.2 Å². The summed E-state index contributed by atoms with van der Waals surface area (Å²) in [4.78, 5) is 0. The van der Waals surface area contributed by atoms with E-state index in [-0.39, 0.29) is 12.6 Å². The summed E-state index contributed by atoms with van der Waals surface area (Å²) in [6.45, 7) is 3.36. The molecule has 0 saturated carbocycles. The van der Waals surface area contributed by atoms with Crippen LogP contribution in [0.15, 0.2) is 12.1 Å². The topological polar surface area (TPSA) is 30.5 Å². The van der Waals surface area contributed by atoms with Crippen LogP contribution in [0.25, 0.3) is 0 Å². The standard InChI is InChI=1S/C14H18F3NO2/c1-3-19-12-5-10-4-9(2)20-13(10)6-11(12)7-18-8-14(15,16)17/h5-6,9,18H,3-4,7-8H2,1-2H3. The second kappa shape index (κ2) is 5.91. The van der Waals surface area contributed by atoms with Crippen LogP contribution in [-0.4, -0.2) is 25.4 Å². The summed E-state index contributed by atoms with van der Waals surface area (Å²) in [6, 6.07) is 3.64. The monoisotopic (exact) mass is 289 g/mol. The Bertz CT molecular complexity index is 474. The zero-order chi connectivity index (χ0) is 14.8. The highest BCUT2D eigenvalue weighted by molar-refractivity contribution is 5.48. The van der Waals surface area contributed by atoms with E-state index < -0.39 is 12.7 Å². The molecule has 1 aliphatic heterocycles. The Morgan fingerprint density at radius 3 is 2.80 bits per heavy atom. The van der Waals surface area contributed by atoms with E-state index in [4.69, 9.17) is 9.47 Å². The summed E-state index contributed by atoms with van der Waals surface area (Å²) in [5.41, 5.74) is 1.73. The van der Waals surface area contributed by atoms with Crippen LogP contribution >= 0.6 is 0 Å². The van der Waals surface area contributed by atoms with Gasteiger partial charge in [-0.05, 0) is 26.0 Å². The Labute approximate surface area is 116 Å². The average molecular weight is 289 g/mol. The third kappa shape index (κ3) is 3.79. The number of ether oxygens (including phenoxy) is 2. The van der Waals surface area contributed by atoms with Crippen molar-refractivity contribution in [1.29, 1.82) is 0 Å². The van der Waals surface area contributed by atoms with Crippen LogP contribution in [0.4, 0.5) is 13.2 Å². The van der Waals surface area contributed by atoms with Crippen molar-refractivity contribution in [3.05, 3.63) is 23.3 Å². The molecule has 0 aromatic heterocycles. The lowest BCUT2D eigenvalue weighted by atomic mass is 10.1. The second-order valence-corrected chi connectivity index (χ2v) is 4.85. The number of benzene rings is 1. The van der Waals surface area contributed by atoms with Gasteiger partial charge in [0, 0.05) is 24.1 Å². The van der Waals surface area contributed by atoms with Crippen molar-refractivity contribution < 1.29 is 22.6 Å². The first-order chi connectivity index (χ1) is 9.39. The number of fused-ring (bicyclic) bond motifs is 1. The first-order valence-electron chi connectivity index (χ1n) is 6.61. The van der Waals surface area contributed by atoms with Gasteiger partial charge < -0.3 is 14.8 Å². The van der Waals surface area contributed by atoms with Gasteiger partial charge in [0.2, 0.25) is 0 Å². The first-order valence-corrected chi connectivity index (χ1v) is 6.61. The zero-order valence-electron chi connectivity index (χ0n) is 11.5. The molecule has 2 rings (SSSR count). The molecule has 0 radical (unpaired) electrons. The largest absolute Gasteiger partial charge is 0.494 e. The first kappa shape index (κ1) is 15.0. The maximum atomic E-state index is 12.2. The third-order valence-corrected chi connectivity index (χ3v) is 3.02. The normalized spacial score (nSPS) is 17.8. The van der Waals surface area contributed by atoms with E-state index in [0.717, 1.165) is 17.7 Å². The van der Waals surface area contributed by atoms with Gasteiger partial charge in [0.05, 0.1) is 13.2 Å². The van der Waals surface area contributed by atoms with Crippen molar-refractivity contribution in [3.63, 3.8) is 0 Å². The number of alkyl halides is 3. The summed E-state index contributed by atoms with van der Waals surface area (Å²) in [6.07, 6.45) is -3.32. The highest BCUT2D eigenvalue weighted by Crippen LogP contribution is 2.35. The second-order valence-electron chi connectivity index (χ2n) is 4.85. The molecule has 0 amide bonds. The Morgan fingerprint density at radius 2 is 2.15 bits per heavy atom. The summed E-state index contributed by atoms with van der Waals surface area (Å²) >= 11 is 0. The highest BCUT2D eigenvalue weighted by Gasteiger charge is 2.27. The van der Waals surface area contributed by atoms with E-state index >= 15 is 0 Å². The molecule has 0 saturated heterocycles. The molecule has 0 bridgehead atoms. The van der Waals surface area contributed by atoms with Crippen LogP contribution in [0.2, 0.25) is 0 Å². The molecule has 6 heteroatoms. The van der Waals surface area contributed by atoms with E-state index in [0.29, 0.717) is 17.9 Å². The van der Waals surface area contributed by atoms with Gasteiger partial charge in [-0.15, -0.1) is 0 Å². The minimum Gasteiger partial charge on any atom is -0.494 e. The Morgan fingerprint density at radius 1 is 1.40 bits per heavy atom. The van der Waals surface area contributed by atoms with Crippen LogP contribution in [0.5, 0.6) is 11.5 Å².